The molecular formula is C28H30N6O2. The molecule has 1 saturated heterocycles. The number of allylic oxidation sites excluding steroid dienone is 1. The standard InChI is InChI=1S/C28H30N6O2/c1-16-3-4-19-15-23(31-22(19)13-16)24-25-26(29)30-9-12-34(25)27(32-24)18-7-10-33(11-8-18)28(36)21-6-5-20(35)14-17(21)2/h3-6,9,12,14-16,18,31,35H,7-8,10-11,13H2,1-2H3,(H2,29,30). The second-order valence-corrected chi connectivity index (χ2v) is 10.1. The fraction of sp³-hybridized carbons (Fsp3) is 0.321. The molecule has 1 amide bonds. The number of aryl methyl sites for hydroxylation is 1. The second kappa shape index (κ2) is 8.55. The van der Waals surface area contributed by atoms with E-state index in [4.69, 9.17) is 10.7 Å². The summed E-state index contributed by atoms with van der Waals surface area (Å²) in [7, 11) is 0. The van der Waals surface area contributed by atoms with E-state index in [9.17, 15) is 9.90 Å². The van der Waals surface area contributed by atoms with Crippen LogP contribution in [0.5, 0.6) is 5.75 Å². The number of phenols is 1. The topological polar surface area (TPSA) is 113 Å². The number of aromatic amines is 1. The Kier molecular flexibility index (Phi) is 5.32. The van der Waals surface area contributed by atoms with E-state index in [2.05, 4.69) is 39.5 Å². The third kappa shape index (κ3) is 3.73. The number of piperidine rings is 1. The van der Waals surface area contributed by atoms with E-state index in [0.717, 1.165) is 47.6 Å². The number of hydrogen-bond donors (Lipinski definition) is 3. The number of H-pyrrole nitrogens is 1. The molecule has 4 N–H and O–H groups in total. The van der Waals surface area contributed by atoms with Gasteiger partial charge in [0.2, 0.25) is 0 Å². The number of nitrogen functional groups attached to an aromatic ring is 1. The number of hydrogen-bond acceptors (Lipinski definition) is 5. The maximum absolute atomic E-state index is 13.1. The van der Waals surface area contributed by atoms with Crippen molar-refractivity contribution in [3.05, 3.63) is 70.9 Å². The molecule has 1 fully saturated rings. The Hall–Kier alpha value is -4.07. The molecule has 1 aliphatic heterocycles. The Bertz CT molecular complexity index is 1510. The number of nitrogens with zero attached hydrogens (tertiary/aromatic N) is 4. The minimum atomic E-state index is 0.00677. The van der Waals surface area contributed by atoms with Gasteiger partial charge in [0.05, 0.1) is 5.69 Å². The van der Waals surface area contributed by atoms with Gasteiger partial charge in [-0.2, -0.15) is 0 Å². The molecule has 0 spiro atoms. The molecule has 36 heavy (non-hydrogen) atoms. The average Bonchev–Trinajstić information content (AvgIpc) is 3.46. The molecule has 3 aromatic heterocycles. The summed E-state index contributed by atoms with van der Waals surface area (Å²) in [6.45, 7) is 5.36. The number of benzene rings is 1. The molecule has 1 aromatic carbocycles. The van der Waals surface area contributed by atoms with Crippen molar-refractivity contribution in [3.63, 3.8) is 0 Å². The molecule has 8 nitrogen and oxygen atoms in total. The van der Waals surface area contributed by atoms with Gasteiger partial charge in [-0.1, -0.05) is 19.1 Å². The van der Waals surface area contributed by atoms with Crippen molar-refractivity contribution in [1.29, 1.82) is 0 Å². The largest absolute Gasteiger partial charge is 0.508 e. The number of aromatic nitrogens is 4. The van der Waals surface area contributed by atoms with Gasteiger partial charge in [-0.3, -0.25) is 9.20 Å². The van der Waals surface area contributed by atoms with Gasteiger partial charge < -0.3 is 20.7 Å². The lowest BCUT2D eigenvalue weighted by Gasteiger charge is -2.32. The van der Waals surface area contributed by atoms with Gasteiger partial charge in [-0.25, -0.2) is 9.97 Å². The smallest absolute Gasteiger partial charge is 0.254 e. The van der Waals surface area contributed by atoms with Gasteiger partial charge in [0.1, 0.15) is 28.6 Å². The summed E-state index contributed by atoms with van der Waals surface area (Å²) in [5.74, 6) is 2.29. The quantitative estimate of drug-likeness (QED) is 0.397. The first kappa shape index (κ1) is 22.4. The number of rotatable bonds is 3. The summed E-state index contributed by atoms with van der Waals surface area (Å²) < 4.78 is 2.07. The van der Waals surface area contributed by atoms with Crippen LogP contribution in [-0.2, 0) is 6.42 Å². The Morgan fingerprint density at radius 1 is 1.22 bits per heavy atom. The number of nitrogens with one attached hydrogen (secondary N) is 1. The van der Waals surface area contributed by atoms with Crippen LogP contribution < -0.4 is 5.73 Å². The zero-order valence-electron chi connectivity index (χ0n) is 20.5. The van der Waals surface area contributed by atoms with Crippen LogP contribution in [-0.4, -0.2) is 48.4 Å². The van der Waals surface area contributed by atoms with Gasteiger partial charge in [0, 0.05) is 42.7 Å². The summed E-state index contributed by atoms with van der Waals surface area (Å²) in [5.41, 5.74) is 12.8. The fourth-order valence-electron chi connectivity index (χ4n) is 5.58. The van der Waals surface area contributed by atoms with E-state index in [1.807, 2.05) is 18.0 Å². The van der Waals surface area contributed by atoms with Crippen molar-refractivity contribution in [3.8, 4) is 17.1 Å². The van der Waals surface area contributed by atoms with Crippen LogP contribution in [0.1, 0.15) is 58.7 Å². The summed E-state index contributed by atoms with van der Waals surface area (Å²) in [6, 6.07) is 7.05. The maximum Gasteiger partial charge on any atom is 0.254 e. The Morgan fingerprint density at radius 3 is 2.81 bits per heavy atom. The van der Waals surface area contributed by atoms with E-state index in [1.165, 1.54) is 11.3 Å². The molecule has 1 unspecified atom stereocenters. The van der Waals surface area contributed by atoms with Crippen molar-refractivity contribution in [2.24, 2.45) is 5.92 Å². The van der Waals surface area contributed by atoms with Gasteiger partial charge in [-0.05, 0) is 67.5 Å². The SMILES string of the molecule is Cc1cc(O)ccc1C(=O)N1CCC(c2nc(-c3cc4c([nH]3)CC(C)C=C4)c3c(N)nccn23)CC1. The highest BCUT2D eigenvalue weighted by atomic mass is 16.3. The van der Waals surface area contributed by atoms with Gasteiger partial charge in [0.25, 0.3) is 5.91 Å². The van der Waals surface area contributed by atoms with E-state index in [1.54, 1.807) is 24.4 Å². The molecule has 8 heteroatoms. The third-order valence-electron chi connectivity index (χ3n) is 7.52. The molecule has 0 radical (unpaired) electrons. The minimum absolute atomic E-state index is 0.00677. The minimum Gasteiger partial charge on any atom is -0.508 e. The monoisotopic (exact) mass is 482 g/mol. The number of carbonyl (C=O) groups is 1. The molecule has 0 saturated carbocycles. The van der Waals surface area contributed by atoms with Crippen LogP contribution >= 0.6 is 0 Å². The van der Waals surface area contributed by atoms with Crippen LogP contribution in [0.2, 0.25) is 0 Å². The van der Waals surface area contributed by atoms with E-state index in [-0.39, 0.29) is 17.6 Å². The van der Waals surface area contributed by atoms with Crippen molar-refractivity contribution < 1.29 is 9.90 Å². The van der Waals surface area contributed by atoms with Crippen molar-refractivity contribution >= 4 is 23.3 Å². The van der Waals surface area contributed by atoms with E-state index in [0.29, 0.717) is 30.4 Å². The lowest BCUT2D eigenvalue weighted by molar-refractivity contribution is 0.0710. The van der Waals surface area contributed by atoms with Crippen LogP contribution in [0, 0.1) is 12.8 Å². The normalized spacial score (nSPS) is 18.1. The number of imidazole rings is 1. The van der Waals surface area contributed by atoms with E-state index < -0.39 is 0 Å². The van der Waals surface area contributed by atoms with Crippen molar-refractivity contribution in [2.45, 2.75) is 39.0 Å². The van der Waals surface area contributed by atoms with Gasteiger partial charge in [0.15, 0.2) is 0 Å². The number of carbonyl (C=O) groups excluding carboxylic acids is 1. The number of aromatic hydroxyl groups is 1. The Labute approximate surface area is 209 Å². The van der Waals surface area contributed by atoms with Crippen LogP contribution in [0.4, 0.5) is 5.82 Å². The molecule has 184 valence electrons. The van der Waals surface area contributed by atoms with Crippen molar-refractivity contribution in [1.82, 2.24) is 24.3 Å². The predicted octanol–water partition coefficient (Wildman–Crippen LogP) is 4.55. The Balaban J connectivity index is 1.29. The van der Waals surface area contributed by atoms with Gasteiger partial charge in [-0.15, -0.1) is 0 Å². The first-order valence-corrected chi connectivity index (χ1v) is 12.5. The van der Waals surface area contributed by atoms with E-state index >= 15 is 0 Å². The molecule has 4 aromatic rings. The maximum atomic E-state index is 13.1. The first-order chi connectivity index (χ1) is 17.4. The lowest BCUT2D eigenvalue weighted by Crippen LogP contribution is -2.38. The molecule has 6 rings (SSSR count). The number of fused-ring (bicyclic) bond motifs is 2. The average molecular weight is 483 g/mol. The summed E-state index contributed by atoms with van der Waals surface area (Å²) in [5, 5.41) is 9.69. The fourth-order valence-corrected chi connectivity index (χ4v) is 5.58. The molecule has 0 bridgehead atoms. The molecule has 1 atom stereocenters. The predicted molar refractivity (Wildman–Crippen MR) is 140 cm³/mol. The highest BCUT2D eigenvalue weighted by Gasteiger charge is 2.30. The first-order valence-electron chi connectivity index (χ1n) is 12.5. The molecule has 2 aliphatic rings. The lowest BCUT2D eigenvalue weighted by atomic mass is 9.95. The number of nitrogens with two attached hydrogens (primary N) is 1. The number of amides is 1. The number of likely N-dealkylation sites (tertiary alicyclic amines) is 1. The molecular weight excluding hydrogens is 452 g/mol. The summed E-state index contributed by atoms with van der Waals surface area (Å²) >= 11 is 0. The van der Waals surface area contributed by atoms with Crippen LogP contribution in [0.15, 0.2) is 42.7 Å². The van der Waals surface area contributed by atoms with Crippen molar-refractivity contribution in [2.75, 3.05) is 18.8 Å². The molecule has 4 heterocycles. The highest BCUT2D eigenvalue weighted by molar-refractivity contribution is 5.96. The van der Waals surface area contributed by atoms with Crippen LogP contribution in [0.3, 0.4) is 0 Å². The van der Waals surface area contributed by atoms with Gasteiger partial charge >= 0.3 is 0 Å². The summed E-state index contributed by atoms with van der Waals surface area (Å²) in [4.78, 5) is 28.1. The highest BCUT2D eigenvalue weighted by Crippen LogP contribution is 2.36. The number of phenolic OH excluding ortho intramolecular Hbond substituents is 1. The molecule has 1 aliphatic carbocycles. The second-order valence-electron chi connectivity index (χ2n) is 10.1. The Morgan fingerprint density at radius 2 is 2.03 bits per heavy atom. The summed E-state index contributed by atoms with van der Waals surface area (Å²) in [6.07, 6.45) is 10.7. The number of anilines is 1. The zero-order valence-corrected chi connectivity index (χ0v) is 20.5. The van der Waals surface area contributed by atoms with Crippen LogP contribution in [0.25, 0.3) is 23.0 Å². The zero-order chi connectivity index (χ0) is 25.0. The third-order valence-corrected chi connectivity index (χ3v) is 7.52.